The minimum atomic E-state index is 0.0867. The fourth-order valence-electron chi connectivity index (χ4n) is 3.76. The average Bonchev–Trinajstić information content (AvgIpc) is 2.47. The molecule has 0 spiro atoms. The maximum atomic E-state index is 12.6. The fraction of sp³-hybridized carbons (Fsp3) is 0.833. The molecule has 1 heterocycles. The maximum Gasteiger partial charge on any atom is 0.223 e. The Morgan fingerprint density at radius 3 is 2.43 bits per heavy atom. The summed E-state index contributed by atoms with van der Waals surface area (Å²) in [6.45, 7) is 9.08. The van der Waals surface area contributed by atoms with E-state index >= 15 is 0 Å². The van der Waals surface area contributed by atoms with Gasteiger partial charge in [0.1, 0.15) is 0 Å². The number of nitrogens with zero attached hydrogens (tertiary/aromatic N) is 1. The van der Waals surface area contributed by atoms with Crippen LogP contribution in [0.25, 0.3) is 0 Å². The molecule has 2 rings (SSSR count). The second-order valence-corrected chi connectivity index (χ2v) is 8.01. The Bertz CT molecular complexity index is 400. The van der Waals surface area contributed by atoms with Gasteiger partial charge in [0.25, 0.3) is 0 Å². The Labute approximate surface area is 130 Å². The molecule has 0 aromatic heterocycles. The molecule has 1 aliphatic heterocycles. The largest absolute Gasteiger partial charge is 0.339 e. The normalized spacial score (nSPS) is 22.9. The summed E-state index contributed by atoms with van der Waals surface area (Å²) in [5, 5.41) is 0. The van der Waals surface area contributed by atoms with Crippen molar-refractivity contribution in [3.8, 4) is 0 Å². The van der Waals surface area contributed by atoms with Gasteiger partial charge in [-0.1, -0.05) is 51.7 Å². The summed E-state index contributed by atoms with van der Waals surface area (Å²) in [4.78, 5) is 14.7. The lowest BCUT2D eigenvalue weighted by atomic mass is 9.71. The van der Waals surface area contributed by atoms with Crippen LogP contribution >= 0.6 is 0 Å². The SMILES string of the molecule is CC(C)(C)C1=CCN(C(=O)CC2(CN)CCCCC2)CC1. The molecule has 2 N–H and O–H groups in total. The Morgan fingerprint density at radius 2 is 1.95 bits per heavy atom. The molecule has 0 aromatic rings. The third-order valence-electron chi connectivity index (χ3n) is 5.40. The Balaban J connectivity index is 1.94. The summed E-state index contributed by atoms with van der Waals surface area (Å²) in [7, 11) is 0. The minimum absolute atomic E-state index is 0.0867. The van der Waals surface area contributed by atoms with Crippen LogP contribution in [0.3, 0.4) is 0 Å². The highest BCUT2D eigenvalue weighted by Gasteiger charge is 2.35. The van der Waals surface area contributed by atoms with Crippen LogP contribution in [0.1, 0.15) is 65.7 Å². The molecular formula is C18H32N2O. The molecule has 0 saturated heterocycles. The third kappa shape index (κ3) is 4.09. The lowest BCUT2D eigenvalue weighted by molar-refractivity contribution is -0.134. The van der Waals surface area contributed by atoms with Crippen molar-refractivity contribution in [2.45, 2.75) is 65.7 Å². The topological polar surface area (TPSA) is 46.3 Å². The van der Waals surface area contributed by atoms with Crippen molar-refractivity contribution in [2.24, 2.45) is 16.6 Å². The zero-order chi connectivity index (χ0) is 15.5. The molecule has 1 fully saturated rings. The van der Waals surface area contributed by atoms with E-state index in [1.807, 2.05) is 4.90 Å². The molecule has 1 saturated carbocycles. The smallest absolute Gasteiger partial charge is 0.223 e. The number of carbonyl (C=O) groups excluding carboxylic acids is 1. The van der Waals surface area contributed by atoms with E-state index in [2.05, 4.69) is 26.8 Å². The van der Waals surface area contributed by atoms with Crippen LogP contribution in [-0.2, 0) is 4.79 Å². The van der Waals surface area contributed by atoms with E-state index in [0.717, 1.165) is 32.4 Å². The van der Waals surface area contributed by atoms with Crippen molar-refractivity contribution in [1.82, 2.24) is 4.90 Å². The number of rotatable bonds is 3. The van der Waals surface area contributed by atoms with Crippen LogP contribution in [0.2, 0.25) is 0 Å². The van der Waals surface area contributed by atoms with Gasteiger partial charge in [0.05, 0.1) is 0 Å². The minimum Gasteiger partial charge on any atom is -0.339 e. The van der Waals surface area contributed by atoms with Crippen LogP contribution < -0.4 is 5.73 Å². The highest BCUT2D eigenvalue weighted by atomic mass is 16.2. The quantitative estimate of drug-likeness (QED) is 0.809. The van der Waals surface area contributed by atoms with Gasteiger partial charge in [-0.15, -0.1) is 0 Å². The Hall–Kier alpha value is -0.830. The molecule has 1 amide bonds. The van der Waals surface area contributed by atoms with Gasteiger partial charge in [0.2, 0.25) is 5.91 Å². The van der Waals surface area contributed by atoms with Crippen LogP contribution in [-0.4, -0.2) is 30.4 Å². The van der Waals surface area contributed by atoms with Crippen molar-refractivity contribution >= 4 is 5.91 Å². The second kappa shape index (κ2) is 6.51. The molecule has 0 bridgehead atoms. The predicted molar refractivity (Wildman–Crippen MR) is 87.9 cm³/mol. The van der Waals surface area contributed by atoms with E-state index in [1.54, 1.807) is 0 Å². The monoisotopic (exact) mass is 292 g/mol. The molecule has 1 aliphatic carbocycles. The van der Waals surface area contributed by atoms with Crippen molar-refractivity contribution in [3.05, 3.63) is 11.6 Å². The first-order chi connectivity index (χ1) is 9.86. The number of amides is 1. The van der Waals surface area contributed by atoms with E-state index in [4.69, 9.17) is 5.73 Å². The van der Waals surface area contributed by atoms with Gasteiger partial charge < -0.3 is 10.6 Å². The number of nitrogens with two attached hydrogens (primary N) is 1. The standard InChI is InChI=1S/C18H32N2O/c1-17(2,3)15-7-11-20(12-8-15)16(21)13-18(14-19)9-5-4-6-10-18/h7H,4-6,8-14,19H2,1-3H3. The van der Waals surface area contributed by atoms with Crippen LogP contribution in [0.5, 0.6) is 0 Å². The van der Waals surface area contributed by atoms with Crippen LogP contribution in [0.15, 0.2) is 11.6 Å². The molecule has 0 atom stereocenters. The summed E-state index contributed by atoms with van der Waals surface area (Å²) in [6.07, 6.45) is 9.97. The van der Waals surface area contributed by atoms with Crippen LogP contribution in [0, 0.1) is 10.8 Å². The summed E-state index contributed by atoms with van der Waals surface area (Å²) in [6, 6.07) is 0. The Morgan fingerprint density at radius 1 is 1.29 bits per heavy atom. The summed E-state index contributed by atoms with van der Waals surface area (Å²) < 4.78 is 0. The molecular weight excluding hydrogens is 260 g/mol. The van der Waals surface area contributed by atoms with Gasteiger partial charge in [0.15, 0.2) is 0 Å². The van der Waals surface area contributed by atoms with Crippen molar-refractivity contribution in [3.63, 3.8) is 0 Å². The molecule has 21 heavy (non-hydrogen) atoms. The van der Waals surface area contributed by atoms with Gasteiger partial charge in [0, 0.05) is 19.5 Å². The Kier molecular flexibility index (Phi) is 5.13. The highest BCUT2D eigenvalue weighted by Crippen LogP contribution is 2.39. The predicted octanol–water partition coefficient (Wildman–Crippen LogP) is 3.49. The highest BCUT2D eigenvalue weighted by molar-refractivity contribution is 5.77. The molecule has 3 nitrogen and oxygen atoms in total. The van der Waals surface area contributed by atoms with Gasteiger partial charge in [-0.2, -0.15) is 0 Å². The van der Waals surface area contributed by atoms with E-state index in [1.165, 1.54) is 24.8 Å². The van der Waals surface area contributed by atoms with Gasteiger partial charge >= 0.3 is 0 Å². The lowest BCUT2D eigenvalue weighted by Crippen LogP contribution is -2.42. The maximum absolute atomic E-state index is 12.6. The number of hydrogen-bond acceptors (Lipinski definition) is 2. The van der Waals surface area contributed by atoms with Gasteiger partial charge in [-0.05, 0) is 36.6 Å². The van der Waals surface area contributed by atoms with Crippen molar-refractivity contribution < 1.29 is 4.79 Å². The van der Waals surface area contributed by atoms with Crippen molar-refractivity contribution in [2.75, 3.05) is 19.6 Å². The van der Waals surface area contributed by atoms with E-state index < -0.39 is 0 Å². The first kappa shape index (κ1) is 16.5. The van der Waals surface area contributed by atoms with E-state index in [0.29, 0.717) is 18.9 Å². The number of hydrogen-bond donors (Lipinski definition) is 1. The molecule has 0 unspecified atom stereocenters. The second-order valence-electron chi connectivity index (χ2n) is 8.01. The fourth-order valence-corrected chi connectivity index (χ4v) is 3.76. The zero-order valence-corrected chi connectivity index (χ0v) is 14.1. The average molecular weight is 292 g/mol. The van der Waals surface area contributed by atoms with Gasteiger partial charge in [-0.3, -0.25) is 4.79 Å². The van der Waals surface area contributed by atoms with Crippen LogP contribution in [0.4, 0.5) is 0 Å². The van der Waals surface area contributed by atoms with E-state index in [9.17, 15) is 4.79 Å². The zero-order valence-electron chi connectivity index (χ0n) is 14.1. The first-order valence-electron chi connectivity index (χ1n) is 8.54. The van der Waals surface area contributed by atoms with Gasteiger partial charge in [-0.25, -0.2) is 0 Å². The number of carbonyl (C=O) groups is 1. The molecule has 3 heteroatoms. The molecule has 0 aromatic carbocycles. The third-order valence-corrected chi connectivity index (χ3v) is 5.40. The summed E-state index contributed by atoms with van der Waals surface area (Å²) in [5.74, 6) is 0.312. The first-order valence-corrected chi connectivity index (χ1v) is 8.54. The van der Waals surface area contributed by atoms with E-state index in [-0.39, 0.29) is 10.8 Å². The molecule has 2 aliphatic rings. The summed E-state index contributed by atoms with van der Waals surface area (Å²) >= 11 is 0. The van der Waals surface area contributed by atoms with Crippen molar-refractivity contribution in [1.29, 1.82) is 0 Å². The summed E-state index contributed by atoms with van der Waals surface area (Å²) in [5.41, 5.74) is 7.82. The molecule has 0 radical (unpaired) electrons. The lowest BCUT2D eigenvalue weighted by Gasteiger charge is -2.38. The molecule has 120 valence electrons.